The molecule has 0 aromatic carbocycles. The van der Waals surface area contributed by atoms with Crippen molar-refractivity contribution in [2.24, 2.45) is 0 Å². The van der Waals surface area contributed by atoms with Crippen LogP contribution in [0.2, 0.25) is 0 Å². The van der Waals surface area contributed by atoms with Crippen LogP contribution in [0.3, 0.4) is 0 Å². The number of halogens is 1. The lowest BCUT2D eigenvalue weighted by atomic mass is 9.82. The SMILES string of the molecule is CN(C)CCn1nnc(CCl)c1C1CCC1. The van der Waals surface area contributed by atoms with Gasteiger partial charge >= 0.3 is 0 Å². The van der Waals surface area contributed by atoms with Crippen LogP contribution in [-0.4, -0.2) is 40.5 Å². The maximum atomic E-state index is 5.91. The van der Waals surface area contributed by atoms with Gasteiger partial charge in [-0.25, -0.2) is 4.68 Å². The number of alkyl halides is 1. The first-order valence-corrected chi connectivity index (χ1v) is 6.38. The molecule has 0 aliphatic heterocycles. The summed E-state index contributed by atoms with van der Waals surface area (Å²) in [4.78, 5) is 2.16. The zero-order valence-corrected chi connectivity index (χ0v) is 10.7. The normalized spacial score (nSPS) is 16.8. The van der Waals surface area contributed by atoms with Crippen LogP contribution in [0, 0.1) is 0 Å². The van der Waals surface area contributed by atoms with E-state index in [9.17, 15) is 0 Å². The first kappa shape index (κ1) is 11.9. The van der Waals surface area contributed by atoms with Gasteiger partial charge < -0.3 is 4.90 Å². The van der Waals surface area contributed by atoms with Gasteiger partial charge in [0, 0.05) is 12.5 Å². The van der Waals surface area contributed by atoms with Crippen molar-refractivity contribution in [2.75, 3.05) is 20.6 Å². The Balaban J connectivity index is 2.13. The lowest BCUT2D eigenvalue weighted by molar-refractivity contribution is 0.344. The fraction of sp³-hybridized carbons (Fsp3) is 0.818. The largest absolute Gasteiger partial charge is 0.308 e. The van der Waals surface area contributed by atoms with E-state index < -0.39 is 0 Å². The highest BCUT2D eigenvalue weighted by Gasteiger charge is 2.27. The minimum absolute atomic E-state index is 0.480. The summed E-state index contributed by atoms with van der Waals surface area (Å²) in [5.74, 6) is 1.12. The monoisotopic (exact) mass is 242 g/mol. The minimum Gasteiger partial charge on any atom is -0.308 e. The Morgan fingerprint density at radius 3 is 2.69 bits per heavy atom. The van der Waals surface area contributed by atoms with Crippen molar-refractivity contribution in [3.8, 4) is 0 Å². The third-order valence-electron chi connectivity index (χ3n) is 3.22. The highest BCUT2D eigenvalue weighted by Crippen LogP contribution is 2.37. The van der Waals surface area contributed by atoms with Crippen LogP contribution in [0.5, 0.6) is 0 Å². The van der Waals surface area contributed by atoms with Crippen LogP contribution in [0.4, 0.5) is 0 Å². The van der Waals surface area contributed by atoms with Gasteiger partial charge in [-0.05, 0) is 26.9 Å². The summed E-state index contributed by atoms with van der Waals surface area (Å²) in [5.41, 5.74) is 2.26. The van der Waals surface area contributed by atoms with Crippen molar-refractivity contribution < 1.29 is 0 Å². The molecule has 1 heterocycles. The van der Waals surface area contributed by atoms with E-state index in [-0.39, 0.29) is 0 Å². The van der Waals surface area contributed by atoms with E-state index in [0.717, 1.165) is 18.8 Å². The van der Waals surface area contributed by atoms with Crippen molar-refractivity contribution in [1.82, 2.24) is 19.9 Å². The van der Waals surface area contributed by atoms with Gasteiger partial charge in [-0.15, -0.1) is 16.7 Å². The molecule has 1 aromatic heterocycles. The van der Waals surface area contributed by atoms with Gasteiger partial charge in [0.05, 0.1) is 18.1 Å². The Kier molecular flexibility index (Phi) is 3.82. The summed E-state index contributed by atoms with van der Waals surface area (Å²) in [7, 11) is 4.14. The molecule has 0 spiro atoms. The molecule has 0 N–H and O–H groups in total. The van der Waals surface area contributed by atoms with E-state index in [4.69, 9.17) is 11.6 Å². The van der Waals surface area contributed by atoms with Gasteiger partial charge in [-0.3, -0.25) is 0 Å². The third kappa shape index (κ3) is 2.38. The first-order valence-electron chi connectivity index (χ1n) is 5.85. The molecule has 0 atom stereocenters. The van der Waals surface area contributed by atoms with Crippen LogP contribution in [-0.2, 0) is 12.4 Å². The van der Waals surface area contributed by atoms with E-state index in [2.05, 4.69) is 29.3 Å². The summed E-state index contributed by atoms with van der Waals surface area (Å²) < 4.78 is 2.04. The molecule has 1 aliphatic carbocycles. The highest BCUT2D eigenvalue weighted by molar-refractivity contribution is 6.16. The zero-order chi connectivity index (χ0) is 11.5. The summed E-state index contributed by atoms with van der Waals surface area (Å²) in [6.07, 6.45) is 3.85. The molecule has 16 heavy (non-hydrogen) atoms. The molecule has 0 saturated heterocycles. The number of aromatic nitrogens is 3. The van der Waals surface area contributed by atoms with Crippen molar-refractivity contribution in [2.45, 2.75) is 37.6 Å². The van der Waals surface area contributed by atoms with E-state index in [1.165, 1.54) is 25.0 Å². The standard InChI is InChI=1S/C11H19ClN4/c1-15(2)6-7-16-11(9-4-3-5-9)10(8-12)13-14-16/h9H,3-8H2,1-2H3. The average Bonchev–Trinajstić information content (AvgIpc) is 2.55. The average molecular weight is 243 g/mol. The van der Waals surface area contributed by atoms with E-state index in [1.807, 2.05) is 4.68 Å². The molecule has 1 aromatic rings. The van der Waals surface area contributed by atoms with Crippen LogP contribution in [0.1, 0.15) is 36.6 Å². The second-order valence-electron chi connectivity index (χ2n) is 4.71. The number of nitrogens with zero attached hydrogens (tertiary/aromatic N) is 4. The Bertz CT molecular complexity index is 344. The maximum Gasteiger partial charge on any atom is 0.101 e. The van der Waals surface area contributed by atoms with E-state index >= 15 is 0 Å². The number of rotatable bonds is 5. The zero-order valence-electron chi connectivity index (χ0n) is 9.99. The Morgan fingerprint density at radius 1 is 1.44 bits per heavy atom. The Labute approximate surface area is 102 Å². The summed E-state index contributed by atoms with van der Waals surface area (Å²) in [5, 5.41) is 8.40. The van der Waals surface area contributed by atoms with Gasteiger partial charge in [0.25, 0.3) is 0 Å². The molecular weight excluding hydrogens is 224 g/mol. The van der Waals surface area contributed by atoms with E-state index in [1.54, 1.807) is 0 Å². The van der Waals surface area contributed by atoms with Crippen LogP contribution < -0.4 is 0 Å². The van der Waals surface area contributed by atoms with E-state index in [0.29, 0.717) is 11.8 Å². The lowest BCUT2D eigenvalue weighted by Gasteiger charge is -2.26. The third-order valence-corrected chi connectivity index (χ3v) is 3.48. The molecule has 1 aliphatic rings. The van der Waals surface area contributed by atoms with Crippen molar-refractivity contribution in [1.29, 1.82) is 0 Å². The number of hydrogen-bond acceptors (Lipinski definition) is 3. The van der Waals surface area contributed by atoms with Crippen molar-refractivity contribution in [3.05, 3.63) is 11.4 Å². The fourth-order valence-electron chi connectivity index (χ4n) is 2.04. The molecule has 0 bridgehead atoms. The topological polar surface area (TPSA) is 34.0 Å². The molecule has 90 valence electrons. The summed E-state index contributed by atoms with van der Waals surface area (Å²) in [6.45, 7) is 1.90. The Morgan fingerprint density at radius 2 is 2.19 bits per heavy atom. The first-order chi connectivity index (χ1) is 7.72. The van der Waals surface area contributed by atoms with Crippen LogP contribution in [0.25, 0.3) is 0 Å². The second kappa shape index (κ2) is 5.15. The van der Waals surface area contributed by atoms with Gasteiger partial charge in [0.1, 0.15) is 5.69 Å². The van der Waals surface area contributed by atoms with Crippen molar-refractivity contribution >= 4 is 11.6 Å². The quantitative estimate of drug-likeness (QED) is 0.739. The lowest BCUT2D eigenvalue weighted by Crippen LogP contribution is -2.23. The van der Waals surface area contributed by atoms with Gasteiger partial charge in [0.2, 0.25) is 0 Å². The van der Waals surface area contributed by atoms with Crippen molar-refractivity contribution in [3.63, 3.8) is 0 Å². The molecule has 0 radical (unpaired) electrons. The molecule has 0 unspecified atom stereocenters. The van der Waals surface area contributed by atoms with Gasteiger partial charge in [0.15, 0.2) is 0 Å². The van der Waals surface area contributed by atoms with Gasteiger partial charge in [-0.2, -0.15) is 0 Å². The minimum atomic E-state index is 0.480. The molecule has 0 amide bonds. The summed E-state index contributed by atoms with van der Waals surface area (Å²) >= 11 is 5.91. The fourth-order valence-corrected chi connectivity index (χ4v) is 2.23. The molecular formula is C11H19ClN4. The molecule has 2 rings (SSSR count). The molecule has 4 nitrogen and oxygen atoms in total. The predicted molar refractivity (Wildman–Crippen MR) is 64.7 cm³/mol. The smallest absolute Gasteiger partial charge is 0.101 e. The van der Waals surface area contributed by atoms with Crippen LogP contribution in [0.15, 0.2) is 0 Å². The Hall–Kier alpha value is -0.610. The molecule has 5 heteroatoms. The number of hydrogen-bond donors (Lipinski definition) is 0. The predicted octanol–water partition coefficient (Wildman–Crippen LogP) is 1.85. The molecule has 1 fully saturated rings. The number of likely N-dealkylation sites (N-methyl/N-ethyl adjacent to an activating group) is 1. The van der Waals surface area contributed by atoms with Crippen LogP contribution >= 0.6 is 11.6 Å². The summed E-state index contributed by atoms with van der Waals surface area (Å²) in [6, 6.07) is 0. The molecule has 1 saturated carbocycles. The second-order valence-corrected chi connectivity index (χ2v) is 4.98. The van der Waals surface area contributed by atoms with Gasteiger partial charge in [-0.1, -0.05) is 11.6 Å². The highest BCUT2D eigenvalue weighted by atomic mass is 35.5. The maximum absolute atomic E-state index is 5.91.